The molecule has 3 aromatic rings. The maximum atomic E-state index is 14.0. The van der Waals surface area contributed by atoms with Gasteiger partial charge in [0.25, 0.3) is 5.91 Å². The van der Waals surface area contributed by atoms with Crippen molar-refractivity contribution in [3.05, 3.63) is 53.6 Å². The maximum Gasteiger partial charge on any atom is 0.252 e. The maximum absolute atomic E-state index is 14.0. The Bertz CT molecular complexity index is 1060. The molecule has 0 atom stereocenters. The number of nitrogens with two attached hydrogens (primary N) is 1. The Morgan fingerprint density at radius 1 is 1.25 bits per heavy atom. The van der Waals surface area contributed by atoms with Crippen LogP contribution in [0.15, 0.2) is 36.7 Å². The van der Waals surface area contributed by atoms with Gasteiger partial charge in [0.15, 0.2) is 0 Å². The number of primary amides is 1. The summed E-state index contributed by atoms with van der Waals surface area (Å²) in [6.45, 7) is 5.90. The lowest BCUT2D eigenvalue weighted by molar-refractivity contribution is -0.117. The molecule has 1 fully saturated rings. The van der Waals surface area contributed by atoms with Crippen molar-refractivity contribution in [3.8, 4) is 11.3 Å². The minimum atomic E-state index is -0.317. The summed E-state index contributed by atoms with van der Waals surface area (Å²) in [5.41, 5.74) is 7.78. The third-order valence-corrected chi connectivity index (χ3v) is 5.48. The van der Waals surface area contributed by atoms with E-state index in [-0.39, 0.29) is 17.6 Å². The van der Waals surface area contributed by atoms with Crippen molar-refractivity contribution in [2.75, 3.05) is 7.05 Å². The summed E-state index contributed by atoms with van der Waals surface area (Å²) < 4.78 is 14.0. The molecule has 4 rings (SSSR count). The second kappa shape index (κ2) is 12.0. The van der Waals surface area contributed by atoms with Crippen LogP contribution in [-0.4, -0.2) is 28.8 Å². The summed E-state index contributed by atoms with van der Waals surface area (Å²) in [6.07, 6.45) is 9.61. The first-order valence-corrected chi connectivity index (χ1v) is 11.0. The second-order valence-electron chi connectivity index (χ2n) is 8.07. The fourth-order valence-electron chi connectivity index (χ4n) is 3.49. The van der Waals surface area contributed by atoms with Crippen molar-refractivity contribution < 1.29 is 14.0 Å². The fourth-order valence-corrected chi connectivity index (χ4v) is 3.49. The summed E-state index contributed by atoms with van der Waals surface area (Å²) in [5, 5.41) is 3.36. The first kappa shape index (κ1) is 25.0. The zero-order valence-corrected chi connectivity index (χ0v) is 19.3. The van der Waals surface area contributed by atoms with Gasteiger partial charge in [-0.2, -0.15) is 0 Å². The summed E-state index contributed by atoms with van der Waals surface area (Å²) in [4.78, 5) is 28.4. The van der Waals surface area contributed by atoms with Crippen molar-refractivity contribution in [3.63, 3.8) is 0 Å². The van der Waals surface area contributed by atoms with Crippen molar-refractivity contribution in [2.24, 2.45) is 11.7 Å². The molecule has 0 bridgehead atoms. The Labute approximate surface area is 188 Å². The molecule has 2 heterocycles. The predicted molar refractivity (Wildman–Crippen MR) is 127 cm³/mol. The molecule has 0 aliphatic heterocycles. The number of carbonyl (C=O) groups is 2. The third-order valence-electron chi connectivity index (χ3n) is 5.48. The molecule has 1 aliphatic carbocycles. The van der Waals surface area contributed by atoms with E-state index in [4.69, 9.17) is 0 Å². The number of fused-ring (bicyclic) bond motifs is 1. The number of halogens is 1. The van der Waals surface area contributed by atoms with E-state index in [1.807, 2.05) is 19.1 Å². The molecule has 4 N–H and O–H groups in total. The number of aromatic nitrogens is 2. The number of aryl methyl sites for hydroxylation is 1. The number of aromatic amines is 1. The summed E-state index contributed by atoms with van der Waals surface area (Å²) >= 11 is 0. The van der Waals surface area contributed by atoms with Gasteiger partial charge in [0, 0.05) is 36.8 Å². The molecule has 0 radical (unpaired) electrons. The Kier molecular flexibility index (Phi) is 9.38. The van der Waals surface area contributed by atoms with Gasteiger partial charge in [0.2, 0.25) is 5.91 Å². The quantitative estimate of drug-likeness (QED) is 0.527. The average molecular weight is 441 g/mol. The summed E-state index contributed by atoms with van der Waals surface area (Å²) in [5.74, 6) is 0.302. The van der Waals surface area contributed by atoms with Crippen LogP contribution in [0.3, 0.4) is 0 Å². The van der Waals surface area contributed by atoms with Crippen LogP contribution in [-0.2, 0) is 4.79 Å². The van der Waals surface area contributed by atoms with Crippen LogP contribution in [0.25, 0.3) is 22.2 Å². The third kappa shape index (κ3) is 6.90. The van der Waals surface area contributed by atoms with E-state index in [1.165, 1.54) is 37.9 Å². The summed E-state index contributed by atoms with van der Waals surface area (Å²) in [6, 6.07) is 6.92. The zero-order valence-electron chi connectivity index (χ0n) is 19.3. The normalized spacial score (nSPS) is 13.0. The summed E-state index contributed by atoms with van der Waals surface area (Å²) in [7, 11) is 1.57. The van der Waals surface area contributed by atoms with E-state index >= 15 is 0 Å². The van der Waals surface area contributed by atoms with Crippen LogP contribution in [0, 0.1) is 18.7 Å². The Hall–Kier alpha value is -3.22. The monoisotopic (exact) mass is 440 g/mol. The van der Waals surface area contributed by atoms with Gasteiger partial charge in [-0.1, -0.05) is 39.5 Å². The molecule has 1 aliphatic rings. The van der Waals surface area contributed by atoms with Gasteiger partial charge in [-0.05, 0) is 42.7 Å². The second-order valence-corrected chi connectivity index (χ2v) is 8.07. The topological polar surface area (TPSA) is 101 Å². The number of carbonyl (C=O) groups excluding carboxylic acids is 2. The van der Waals surface area contributed by atoms with Gasteiger partial charge >= 0.3 is 0 Å². The number of amides is 2. The van der Waals surface area contributed by atoms with Gasteiger partial charge < -0.3 is 16.0 Å². The Morgan fingerprint density at radius 3 is 2.41 bits per heavy atom. The molecule has 7 heteroatoms. The minimum absolute atomic E-state index is 0.182. The molecule has 32 heavy (non-hydrogen) atoms. The molecule has 1 aromatic carbocycles. The molecule has 2 aromatic heterocycles. The highest BCUT2D eigenvalue weighted by Crippen LogP contribution is 2.26. The molecular formula is C25H33FN4O2. The van der Waals surface area contributed by atoms with Crippen LogP contribution in [0.2, 0.25) is 0 Å². The number of nitrogens with one attached hydrogen (secondary N) is 2. The van der Waals surface area contributed by atoms with Crippen LogP contribution in [0.4, 0.5) is 4.39 Å². The van der Waals surface area contributed by atoms with Gasteiger partial charge in [-0.25, -0.2) is 4.39 Å². The number of H-pyrrole nitrogens is 1. The van der Waals surface area contributed by atoms with Gasteiger partial charge in [-0.15, -0.1) is 0 Å². The van der Waals surface area contributed by atoms with E-state index in [2.05, 4.69) is 27.9 Å². The van der Waals surface area contributed by atoms with Crippen LogP contribution >= 0.6 is 0 Å². The molecule has 2 amide bonds. The van der Waals surface area contributed by atoms with Crippen LogP contribution < -0.4 is 11.1 Å². The zero-order chi connectivity index (χ0) is 23.7. The number of hydrogen-bond acceptors (Lipinski definition) is 3. The molecule has 0 spiro atoms. The van der Waals surface area contributed by atoms with Gasteiger partial charge in [-0.3, -0.25) is 14.6 Å². The first-order valence-electron chi connectivity index (χ1n) is 11.0. The standard InChI is InChI=1S/C16H14FN3O.C6H12.C3H7NO/c1-9-5-14(20-8-12(9)16(21)18-2)11-6-10-3-4-19-15(10)13(17)7-11;1-6-4-2-3-5-6;1-2-3(4)5/h3-8,19H,1-2H3,(H,18,21);6H,2-5H2,1H3;2H2,1H3,(H2,4,5). The smallest absolute Gasteiger partial charge is 0.252 e. The molecule has 0 unspecified atom stereocenters. The lowest BCUT2D eigenvalue weighted by atomic mass is 10.0. The molecule has 6 nitrogen and oxygen atoms in total. The number of rotatable bonds is 3. The van der Waals surface area contributed by atoms with Crippen molar-refractivity contribution in [1.29, 1.82) is 0 Å². The van der Waals surface area contributed by atoms with Gasteiger partial charge in [0.1, 0.15) is 5.82 Å². The van der Waals surface area contributed by atoms with Crippen LogP contribution in [0.1, 0.15) is 61.9 Å². The number of nitrogens with zero attached hydrogens (tertiary/aromatic N) is 1. The highest BCUT2D eigenvalue weighted by Gasteiger charge is 2.12. The first-order chi connectivity index (χ1) is 15.3. The predicted octanol–water partition coefficient (Wildman–Crippen LogP) is 5.12. The molecule has 172 valence electrons. The van der Waals surface area contributed by atoms with Crippen LogP contribution in [0.5, 0.6) is 0 Å². The minimum Gasteiger partial charge on any atom is -0.370 e. The highest BCUT2D eigenvalue weighted by atomic mass is 19.1. The van der Waals surface area contributed by atoms with E-state index in [1.54, 1.807) is 26.2 Å². The largest absolute Gasteiger partial charge is 0.370 e. The van der Waals surface area contributed by atoms with E-state index in [0.717, 1.165) is 16.9 Å². The number of pyridine rings is 1. The van der Waals surface area contributed by atoms with Gasteiger partial charge in [0.05, 0.1) is 16.8 Å². The van der Waals surface area contributed by atoms with Crippen molar-refractivity contribution >= 4 is 22.7 Å². The molecular weight excluding hydrogens is 407 g/mol. The fraction of sp³-hybridized carbons (Fsp3) is 0.400. The number of hydrogen-bond donors (Lipinski definition) is 3. The van der Waals surface area contributed by atoms with Crippen molar-refractivity contribution in [2.45, 2.75) is 52.9 Å². The van der Waals surface area contributed by atoms with Crippen molar-refractivity contribution in [1.82, 2.24) is 15.3 Å². The van der Waals surface area contributed by atoms with E-state index in [0.29, 0.717) is 28.8 Å². The Morgan fingerprint density at radius 2 is 1.91 bits per heavy atom. The Balaban J connectivity index is 0.000000272. The molecule has 0 saturated heterocycles. The number of benzene rings is 1. The molecule has 1 saturated carbocycles. The average Bonchev–Trinajstić information content (AvgIpc) is 3.45. The lowest BCUT2D eigenvalue weighted by Crippen LogP contribution is -2.19. The SMILES string of the molecule is CC1CCCC1.CCC(N)=O.CNC(=O)c1cnc(-c2cc(F)c3[nH]ccc3c2)cc1C. The lowest BCUT2D eigenvalue weighted by Gasteiger charge is -2.07. The van der Waals surface area contributed by atoms with E-state index < -0.39 is 0 Å². The van der Waals surface area contributed by atoms with E-state index in [9.17, 15) is 14.0 Å². The highest BCUT2D eigenvalue weighted by molar-refractivity contribution is 5.95.